The summed E-state index contributed by atoms with van der Waals surface area (Å²) in [6.07, 6.45) is 0. The number of aryl methyl sites for hydroxylation is 1. The summed E-state index contributed by atoms with van der Waals surface area (Å²) >= 11 is 0. The molecule has 0 radical (unpaired) electrons. The van der Waals surface area contributed by atoms with Gasteiger partial charge in [-0.1, -0.05) is 54.6 Å². The van der Waals surface area contributed by atoms with Gasteiger partial charge in [0.05, 0.1) is 0 Å². The van der Waals surface area contributed by atoms with Crippen LogP contribution in [0.5, 0.6) is 0 Å². The monoisotopic (exact) mass is 289 g/mol. The van der Waals surface area contributed by atoms with Crippen molar-refractivity contribution in [3.63, 3.8) is 0 Å². The maximum atomic E-state index is 8.36. The molecule has 0 heterocycles. The molecule has 3 aromatic rings. The van der Waals surface area contributed by atoms with E-state index in [4.69, 9.17) is 5.41 Å². The van der Waals surface area contributed by atoms with Crippen LogP contribution in [0.2, 0.25) is 0 Å². The normalized spacial score (nSPS) is 10.5. The Morgan fingerprint density at radius 2 is 1.59 bits per heavy atom. The summed E-state index contributed by atoms with van der Waals surface area (Å²) in [5.74, 6) is 0.352. The van der Waals surface area contributed by atoms with E-state index in [0.717, 1.165) is 22.3 Å². The molecule has 0 unspecified atom stereocenters. The van der Waals surface area contributed by atoms with Gasteiger partial charge in [0.2, 0.25) is 0 Å². The topological polar surface area (TPSA) is 39.1 Å². The lowest BCUT2D eigenvalue weighted by molar-refractivity contribution is 1.19. The molecule has 0 aliphatic heterocycles. The lowest BCUT2D eigenvalue weighted by Gasteiger charge is -2.23. The Hall–Kier alpha value is -2.81. The highest BCUT2D eigenvalue weighted by atomic mass is 15.3. The van der Waals surface area contributed by atoms with Crippen LogP contribution in [-0.4, -0.2) is 13.0 Å². The number of benzene rings is 3. The Balaban J connectivity index is 1.89. The van der Waals surface area contributed by atoms with E-state index in [1.165, 1.54) is 5.39 Å². The second kappa shape index (κ2) is 5.90. The second-order valence-electron chi connectivity index (χ2n) is 5.35. The van der Waals surface area contributed by atoms with E-state index in [0.29, 0.717) is 5.96 Å². The van der Waals surface area contributed by atoms with Gasteiger partial charge in [0, 0.05) is 23.8 Å². The number of rotatable bonds is 2. The first kappa shape index (κ1) is 14.1. The quantitative estimate of drug-likeness (QED) is 0.533. The molecule has 0 aromatic heterocycles. The van der Waals surface area contributed by atoms with E-state index >= 15 is 0 Å². The lowest BCUT2D eigenvalue weighted by atomic mass is 10.1. The summed E-state index contributed by atoms with van der Waals surface area (Å²) in [5, 5.41) is 13.9. The van der Waals surface area contributed by atoms with Gasteiger partial charge in [-0.05, 0) is 30.0 Å². The summed E-state index contributed by atoms with van der Waals surface area (Å²) in [6, 6.07) is 22.3. The molecule has 2 N–H and O–H groups in total. The molecule has 0 bridgehead atoms. The second-order valence-corrected chi connectivity index (χ2v) is 5.35. The van der Waals surface area contributed by atoms with Crippen LogP contribution in [-0.2, 0) is 0 Å². The van der Waals surface area contributed by atoms with Gasteiger partial charge in [-0.3, -0.25) is 5.41 Å². The van der Waals surface area contributed by atoms with E-state index in [1.807, 2.05) is 54.4 Å². The number of anilines is 2. The van der Waals surface area contributed by atoms with Crippen molar-refractivity contribution in [2.45, 2.75) is 6.92 Å². The molecular formula is C19H19N3. The van der Waals surface area contributed by atoms with Crippen molar-refractivity contribution in [3.8, 4) is 0 Å². The highest BCUT2D eigenvalue weighted by Gasteiger charge is 2.10. The fraction of sp³-hybridized carbons (Fsp3) is 0.105. The molecule has 0 aliphatic carbocycles. The average Bonchev–Trinajstić information content (AvgIpc) is 2.55. The van der Waals surface area contributed by atoms with Crippen molar-refractivity contribution in [3.05, 3.63) is 72.3 Å². The highest BCUT2D eigenvalue weighted by Crippen LogP contribution is 2.24. The highest BCUT2D eigenvalue weighted by molar-refractivity contribution is 6.08. The maximum Gasteiger partial charge on any atom is 0.199 e. The van der Waals surface area contributed by atoms with Crippen LogP contribution in [0.25, 0.3) is 10.8 Å². The van der Waals surface area contributed by atoms with E-state index < -0.39 is 0 Å². The van der Waals surface area contributed by atoms with Gasteiger partial charge in [-0.2, -0.15) is 0 Å². The summed E-state index contributed by atoms with van der Waals surface area (Å²) in [7, 11) is 1.91. The van der Waals surface area contributed by atoms with Crippen molar-refractivity contribution in [1.82, 2.24) is 0 Å². The zero-order valence-electron chi connectivity index (χ0n) is 12.8. The smallest absolute Gasteiger partial charge is 0.199 e. The Morgan fingerprint density at radius 1 is 0.909 bits per heavy atom. The third-order valence-electron chi connectivity index (χ3n) is 3.85. The standard InChI is InChI=1S/C19H19N3/c1-14-8-3-6-13-18(14)22(2)19(20)21-17-12-7-10-15-9-4-5-11-16(15)17/h3-13H,1-2H3,(H2,20,21). The van der Waals surface area contributed by atoms with Crippen LogP contribution in [0, 0.1) is 12.3 Å². The van der Waals surface area contributed by atoms with Crippen molar-refractivity contribution in [1.29, 1.82) is 5.41 Å². The molecular weight excluding hydrogens is 270 g/mol. The van der Waals surface area contributed by atoms with Crippen LogP contribution in [0.15, 0.2) is 66.7 Å². The summed E-state index contributed by atoms with van der Waals surface area (Å²) in [6.45, 7) is 2.05. The summed E-state index contributed by atoms with van der Waals surface area (Å²) in [5.41, 5.74) is 3.12. The minimum atomic E-state index is 0.352. The predicted molar refractivity (Wildman–Crippen MR) is 94.9 cm³/mol. The number of guanidine groups is 1. The largest absolute Gasteiger partial charge is 0.326 e. The number of nitrogens with one attached hydrogen (secondary N) is 2. The van der Waals surface area contributed by atoms with Crippen molar-refractivity contribution in [2.24, 2.45) is 0 Å². The van der Waals surface area contributed by atoms with Crippen LogP contribution < -0.4 is 10.2 Å². The molecule has 3 nitrogen and oxygen atoms in total. The first-order valence-electron chi connectivity index (χ1n) is 7.29. The number of hydrogen-bond donors (Lipinski definition) is 2. The molecule has 0 spiro atoms. The van der Waals surface area contributed by atoms with E-state index in [-0.39, 0.29) is 0 Å². The van der Waals surface area contributed by atoms with Crippen molar-refractivity contribution >= 4 is 28.1 Å². The molecule has 0 atom stereocenters. The Kier molecular flexibility index (Phi) is 3.79. The molecule has 110 valence electrons. The third-order valence-corrected chi connectivity index (χ3v) is 3.85. The first-order valence-corrected chi connectivity index (χ1v) is 7.29. The predicted octanol–water partition coefficient (Wildman–Crippen LogP) is 4.63. The van der Waals surface area contributed by atoms with Crippen molar-refractivity contribution < 1.29 is 0 Å². The van der Waals surface area contributed by atoms with Crippen LogP contribution in [0.4, 0.5) is 11.4 Å². The number of hydrogen-bond acceptors (Lipinski definition) is 1. The zero-order valence-corrected chi connectivity index (χ0v) is 12.8. The molecule has 22 heavy (non-hydrogen) atoms. The first-order chi connectivity index (χ1) is 10.7. The van der Waals surface area contributed by atoms with Gasteiger partial charge < -0.3 is 10.2 Å². The fourth-order valence-electron chi connectivity index (χ4n) is 2.61. The van der Waals surface area contributed by atoms with Gasteiger partial charge in [-0.25, -0.2) is 0 Å². The van der Waals surface area contributed by atoms with Gasteiger partial charge in [-0.15, -0.1) is 0 Å². The molecule has 0 aliphatic rings. The van der Waals surface area contributed by atoms with E-state index in [2.05, 4.69) is 36.5 Å². The molecule has 0 saturated heterocycles. The van der Waals surface area contributed by atoms with Crippen LogP contribution in [0.1, 0.15) is 5.56 Å². The lowest BCUT2D eigenvalue weighted by Crippen LogP contribution is -2.32. The SMILES string of the molecule is Cc1ccccc1N(C)C(=N)Nc1cccc2ccccc12. The summed E-state index contributed by atoms with van der Waals surface area (Å²) in [4.78, 5) is 1.86. The number of fused-ring (bicyclic) bond motifs is 1. The van der Waals surface area contributed by atoms with Crippen molar-refractivity contribution in [2.75, 3.05) is 17.3 Å². The molecule has 0 amide bonds. The van der Waals surface area contributed by atoms with Gasteiger partial charge in [0.15, 0.2) is 5.96 Å². The number of para-hydroxylation sites is 1. The van der Waals surface area contributed by atoms with Crippen LogP contribution >= 0.6 is 0 Å². The van der Waals surface area contributed by atoms with Gasteiger partial charge >= 0.3 is 0 Å². The molecule has 3 aromatic carbocycles. The fourth-order valence-corrected chi connectivity index (χ4v) is 2.61. The average molecular weight is 289 g/mol. The molecule has 3 heteroatoms. The Bertz CT molecular complexity index is 818. The third kappa shape index (κ3) is 2.66. The van der Waals surface area contributed by atoms with Gasteiger partial charge in [0.25, 0.3) is 0 Å². The minimum Gasteiger partial charge on any atom is -0.326 e. The van der Waals surface area contributed by atoms with E-state index in [1.54, 1.807) is 0 Å². The molecule has 3 rings (SSSR count). The Labute approximate surface area is 130 Å². The minimum absolute atomic E-state index is 0.352. The zero-order chi connectivity index (χ0) is 15.5. The van der Waals surface area contributed by atoms with Gasteiger partial charge in [0.1, 0.15) is 0 Å². The molecule has 0 saturated carbocycles. The Morgan fingerprint density at radius 3 is 2.41 bits per heavy atom. The maximum absolute atomic E-state index is 8.36. The van der Waals surface area contributed by atoms with Crippen LogP contribution in [0.3, 0.4) is 0 Å². The van der Waals surface area contributed by atoms with E-state index in [9.17, 15) is 0 Å². The number of nitrogens with zero attached hydrogens (tertiary/aromatic N) is 1. The summed E-state index contributed by atoms with van der Waals surface area (Å²) < 4.78 is 0. The molecule has 0 fully saturated rings.